The van der Waals surface area contributed by atoms with Gasteiger partial charge in [-0.2, -0.15) is 0 Å². The molecule has 1 heterocycles. The van der Waals surface area contributed by atoms with Crippen LogP contribution in [0.25, 0.3) is 38.6 Å². The molecule has 3 heteroatoms. The van der Waals surface area contributed by atoms with Crippen LogP contribution in [-0.2, 0) is 16.2 Å². The van der Waals surface area contributed by atoms with Crippen molar-refractivity contribution in [3.63, 3.8) is 0 Å². The van der Waals surface area contributed by atoms with Crippen LogP contribution in [0.5, 0.6) is 11.5 Å². The molecule has 0 saturated carbocycles. The first-order chi connectivity index (χ1) is 20.3. The molecule has 0 spiro atoms. The highest BCUT2D eigenvalue weighted by atomic mass is 16.5. The summed E-state index contributed by atoms with van der Waals surface area (Å²) in [5.74, 6) is 0.995. The number of aromatic nitrogens is 1. The standard InChI is InChI=1S/C41H51NO2/c1-38(2,3)25-41(10,11)28-23-32(29-15-13-14-16-36(29)44-12)37(43)35(24-28)42-33-19-17-26(39(4,5)6)21-30(33)31-22-27(40(7,8)9)18-20-34(31)42/h13-24,43H,25H2,1-12H3. The topological polar surface area (TPSA) is 34.4 Å². The molecule has 5 rings (SSSR count). The van der Waals surface area contributed by atoms with Gasteiger partial charge in [-0.15, -0.1) is 0 Å². The van der Waals surface area contributed by atoms with E-state index in [1.807, 2.05) is 24.3 Å². The minimum absolute atomic E-state index is 0.0142. The maximum atomic E-state index is 12.3. The molecule has 0 radical (unpaired) electrons. The Hall–Kier alpha value is -3.72. The van der Waals surface area contributed by atoms with E-state index in [0.29, 0.717) is 0 Å². The fourth-order valence-corrected chi connectivity index (χ4v) is 6.90. The van der Waals surface area contributed by atoms with Crippen molar-refractivity contribution in [2.75, 3.05) is 7.11 Å². The Kier molecular flexibility index (Phi) is 7.72. The van der Waals surface area contributed by atoms with Crippen molar-refractivity contribution in [2.45, 2.75) is 98.8 Å². The van der Waals surface area contributed by atoms with Gasteiger partial charge in [0.15, 0.2) is 0 Å². The van der Waals surface area contributed by atoms with Gasteiger partial charge in [0.2, 0.25) is 0 Å². The van der Waals surface area contributed by atoms with Gasteiger partial charge in [-0.25, -0.2) is 0 Å². The average Bonchev–Trinajstić information content (AvgIpc) is 3.24. The maximum Gasteiger partial charge on any atom is 0.147 e. The maximum absolute atomic E-state index is 12.3. The highest BCUT2D eigenvalue weighted by molar-refractivity contribution is 6.10. The largest absolute Gasteiger partial charge is 0.505 e. The predicted octanol–water partition coefficient (Wildman–Crippen LogP) is 11.5. The SMILES string of the molecule is COc1ccccc1-c1cc(C(C)(C)CC(C)(C)C)cc(-n2c3ccc(C(C)(C)C)cc3c3cc(C(C)(C)C)ccc32)c1O. The molecule has 0 aliphatic rings. The lowest BCUT2D eigenvalue weighted by molar-refractivity contribution is 0.284. The summed E-state index contributed by atoms with van der Waals surface area (Å²) < 4.78 is 8.08. The van der Waals surface area contributed by atoms with Crippen molar-refractivity contribution < 1.29 is 9.84 Å². The molecule has 232 valence electrons. The molecule has 0 saturated heterocycles. The van der Waals surface area contributed by atoms with E-state index in [2.05, 4.69) is 129 Å². The number of phenolic OH excluding ortho intramolecular Hbond substituents is 1. The highest BCUT2D eigenvalue weighted by Crippen LogP contribution is 2.47. The molecular weight excluding hydrogens is 538 g/mol. The number of hydrogen-bond acceptors (Lipinski definition) is 2. The molecule has 44 heavy (non-hydrogen) atoms. The first kappa shape index (κ1) is 31.7. The van der Waals surface area contributed by atoms with E-state index in [0.717, 1.165) is 40.0 Å². The molecular formula is C41H51NO2. The lowest BCUT2D eigenvalue weighted by Gasteiger charge is -2.34. The Morgan fingerprint density at radius 3 is 1.61 bits per heavy atom. The van der Waals surface area contributed by atoms with E-state index in [1.165, 1.54) is 27.5 Å². The van der Waals surface area contributed by atoms with E-state index in [4.69, 9.17) is 4.74 Å². The van der Waals surface area contributed by atoms with Gasteiger partial charge in [0.05, 0.1) is 23.8 Å². The van der Waals surface area contributed by atoms with Gasteiger partial charge >= 0.3 is 0 Å². The Bertz CT molecular complexity index is 1780. The van der Waals surface area contributed by atoms with Crippen LogP contribution in [0.15, 0.2) is 72.8 Å². The molecule has 0 unspecified atom stereocenters. The van der Waals surface area contributed by atoms with Crippen LogP contribution in [0.2, 0.25) is 0 Å². The van der Waals surface area contributed by atoms with E-state index < -0.39 is 0 Å². The van der Waals surface area contributed by atoms with E-state index in [-0.39, 0.29) is 27.4 Å². The third-order valence-electron chi connectivity index (χ3n) is 8.98. The van der Waals surface area contributed by atoms with Crippen molar-refractivity contribution in [2.24, 2.45) is 5.41 Å². The number of ether oxygens (including phenoxy) is 1. The first-order valence-electron chi connectivity index (χ1n) is 15.9. The molecule has 0 bridgehead atoms. The third kappa shape index (κ3) is 5.86. The molecule has 4 aromatic carbocycles. The van der Waals surface area contributed by atoms with Gasteiger partial charge in [0.1, 0.15) is 11.5 Å². The summed E-state index contributed by atoms with van der Waals surface area (Å²) >= 11 is 0. The smallest absolute Gasteiger partial charge is 0.147 e. The molecule has 1 aromatic heterocycles. The number of aromatic hydroxyl groups is 1. The number of benzene rings is 4. The molecule has 0 atom stereocenters. The van der Waals surface area contributed by atoms with E-state index >= 15 is 0 Å². The van der Waals surface area contributed by atoms with Crippen molar-refractivity contribution in [3.8, 4) is 28.3 Å². The summed E-state index contributed by atoms with van der Waals surface area (Å²) in [5.41, 5.74) is 8.43. The van der Waals surface area contributed by atoms with Gasteiger partial charge in [-0.05, 0) is 87.2 Å². The quantitative estimate of drug-likeness (QED) is 0.221. The van der Waals surface area contributed by atoms with Crippen LogP contribution < -0.4 is 4.74 Å². The monoisotopic (exact) mass is 589 g/mol. The van der Waals surface area contributed by atoms with Crippen molar-refractivity contribution in [1.29, 1.82) is 0 Å². The van der Waals surface area contributed by atoms with E-state index in [1.54, 1.807) is 7.11 Å². The number of hydrogen-bond donors (Lipinski definition) is 1. The van der Waals surface area contributed by atoms with Crippen LogP contribution in [0.4, 0.5) is 0 Å². The lowest BCUT2D eigenvalue weighted by atomic mass is 9.71. The molecule has 1 N–H and O–H groups in total. The van der Waals surface area contributed by atoms with Crippen LogP contribution in [0.3, 0.4) is 0 Å². The van der Waals surface area contributed by atoms with Crippen molar-refractivity contribution in [1.82, 2.24) is 4.57 Å². The van der Waals surface area contributed by atoms with Crippen molar-refractivity contribution >= 4 is 21.8 Å². The zero-order chi connectivity index (χ0) is 32.4. The third-order valence-corrected chi connectivity index (χ3v) is 8.98. The van der Waals surface area contributed by atoms with Gasteiger partial charge < -0.3 is 14.4 Å². The molecule has 3 nitrogen and oxygen atoms in total. The number of para-hydroxylation sites is 1. The van der Waals surface area contributed by atoms with Gasteiger partial charge in [-0.1, -0.05) is 106 Å². The fraction of sp³-hybridized carbons (Fsp3) is 0.415. The molecule has 0 fully saturated rings. The predicted molar refractivity (Wildman–Crippen MR) is 189 cm³/mol. The van der Waals surface area contributed by atoms with Gasteiger partial charge in [-0.3, -0.25) is 0 Å². The normalized spacial score (nSPS) is 13.2. The molecule has 0 amide bonds. The second kappa shape index (κ2) is 10.7. The minimum atomic E-state index is -0.144. The summed E-state index contributed by atoms with van der Waals surface area (Å²) in [7, 11) is 1.69. The molecule has 5 aromatic rings. The van der Waals surface area contributed by atoms with Crippen LogP contribution in [0, 0.1) is 5.41 Å². The Morgan fingerprint density at radius 1 is 0.614 bits per heavy atom. The summed E-state index contributed by atoms with van der Waals surface area (Å²) in [6.07, 6.45) is 0.993. The molecule has 0 aliphatic heterocycles. The minimum Gasteiger partial charge on any atom is -0.505 e. The number of fused-ring (bicyclic) bond motifs is 3. The number of methoxy groups -OCH3 is 1. The number of rotatable bonds is 5. The Labute approximate surface area is 264 Å². The second-order valence-corrected chi connectivity index (χ2v) is 16.5. The van der Waals surface area contributed by atoms with Crippen LogP contribution in [0.1, 0.15) is 99.3 Å². The zero-order valence-corrected chi connectivity index (χ0v) is 28.9. The Balaban J connectivity index is 1.93. The number of nitrogens with zero attached hydrogens (tertiary/aromatic N) is 1. The highest BCUT2D eigenvalue weighted by Gasteiger charge is 2.31. The van der Waals surface area contributed by atoms with E-state index in [9.17, 15) is 5.11 Å². The van der Waals surface area contributed by atoms with Crippen LogP contribution >= 0.6 is 0 Å². The lowest BCUT2D eigenvalue weighted by Crippen LogP contribution is -2.25. The summed E-state index contributed by atoms with van der Waals surface area (Å²) in [6, 6.07) is 26.0. The zero-order valence-electron chi connectivity index (χ0n) is 28.9. The molecule has 0 aliphatic carbocycles. The number of phenols is 1. The average molecular weight is 590 g/mol. The summed E-state index contributed by atoms with van der Waals surface area (Å²) in [6.45, 7) is 25.1. The summed E-state index contributed by atoms with van der Waals surface area (Å²) in [4.78, 5) is 0. The fourth-order valence-electron chi connectivity index (χ4n) is 6.90. The van der Waals surface area contributed by atoms with Gasteiger partial charge in [0, 0.05) is 21.9 Å². The summed E-state index contributed by atoms with van der Waals surface area (Å²) in [5, 5.41) is 14.7. The van der Waals surface area contributed by atoms with Gasteiger partial charge in [0.25, 0.3) is 0 Å². The first-order valence-corrected chi connectivity index (χ1v) is 15.9. The second-order valence-electron chi connectivity index (χ2n) is 16.5. The van der Waals surface area contributed by atoms with Crippen LogP contribution in [-0.4, -0.2) is 16.8 Å². The Morgan fingerprint density at radius 2 is 1.14 bits per heavy atom. The van der Waals surface area contributed by atoms with Crippen molar-refractivity contribution in [3.05, 3.63) is 89.5 Å².